The van der Waals surface area contributed by atoms with Gasteiger partial charge in [0.05, 0.1) is 50.7 Å². The van der Waals surface area contributed by atoms with Crippen LogP contribution in [0, 0.1) is 0 Å². The molecule has 1 aromatic rings. The highest BCUT2D eigenvalue weighted by Gasteiger charge is 2.61. The van der Waals surface area contributed by atoms with E-state index in [-0.39, 0.29) is 24.4 Å². The van der Waals surface area contributed by atoms with Gasteiger partial charge in [-0.05, 0) is 52.8 Å². The van der Waals surface area contributed by atoms with E-state index in [2.05, 4.69) is 0 Å². The Morgan fingerprint density at radius 2 is 1.47 bits per heavy atom. The second-order valence-electron chi connectivity index (χ2n) is 9.16. The van der Waals surface area contributed by atoms with Gasteiger partial charge in [0.15, 0.2) is 0 Å². The number of hydrogen-bond donors (Lipinski definition) is 0. The molecule has 38 heavy (non-hydrogen) atoms. The van der Waals surface area contributed by atoms with Crippen molar-refractivity contribution in [3.63, 3.8) is 0 Å². The molecule has 3 aliphatic rings. The summed E-state index contributed by atoms with van der Waals surface area (Å²) in [5.41, 5.74) is 1.27. The first-order valence-electron chi connectivity index (χ1n) is 12.5. The average molecular weight is 529 g/mol. The van der Waals surface area contributed by atoms with E-state index in [1.54, 1.807) is 52.8 Å². The predicted molar refractivity (Wildman–Crippen MR) is 134 cm³/mol. The summed E-state index contributed by atoms with van der Waals surface area (Å²) in [4.78, 5) is 56.9. The third kappa shape index (κ3) is 4.06. The van der Waals surface area contributed by atoms with Crippen LogP contribution in [0.4, 0.5) is 4.79 Å². The maximum atomic E-state index is 14.2. The van der Waals surface area contributed by atoms with Crippen LogP contribution in [0.25, 0.3) is 6.08 Å². The Morgan fingerprint density at radius 1 is 0.921 bits per heavy atom. The molecule has 0 spiro atoms. The number of fused-ring (bicyclic) bond motifs is 5. The van der Waals surface area contributed by atoms with Crippen LogP contribution in [0.3, 0.4) is 0 Å². The van der Waals surface area contributed by atoms with E-state index in [1.165, 1.54) is 19.1 Å². The smallest absolute Gasteiger partial charge is 0.411 e. The summed E-state index contributed by atoms with van der Waals surface area (Å²) in [5.74, 6) is -1.24. The number of ether oxygens (including phenoxy) is 5. The lowest BCUT2D eigenvalue weighted by molar-refractivity contribution is -0.144. The van der Waals surface area contributed by atoms with Gasteiger partial charge in [-0.2, -0.15) is 0 Å². The molecular formula is C27H32N2O9. The van der Waals surface area contributed by atoms with E-state index in [9.17, 15) is 19.2 Å². The van der Waals surface area contributed by atoms with Crippen molar-refractivity contribution in [3.05, 3.63) is 40.1 Å². The molecule has 3 aliphatic heterocycles. The normalized spacial score (nSPS) is 21.5. The lowest BCUT2D eigenvalue weighted by Gasteiger charge is -2.47. The summed E-state index contributed by atoms with van der Waals surface area (Å²) in [6.45, 7) is 8.40. The zero-order chi connectivity index (χ0) is 27.9. The molecule has 0 unspecified atom stereocenters. The molecule has 0 saturated carbocycles. The zero-order valence-electron chi connectivity index (χ0n) is 22.5. The number of nitrogens with zero attached hydrogens (tertiary/aromatic N) is 2. The lowest BCUT2D eigenvalue weighted by atomic mass is 9.88. The summed E-state index contributed by atoms with van der Waals surface area (Å²) in [6.07, 6.45) is 0.316. The van der Waals surface area contributed by atoms with Gasteiger partial charge in [0, 0.05) is 16.8 Å². The first-order valence-corrected chi connectivity index (χ1v) is 12.5. The van der Waals surface area contributed by atoms with Crippen molar-refractivity contribution < 1.29 is 42.9 Å². The number of carbonyl (C=O) groups is 4. The number of rotatable bonds is 7. The van der Waals surface area contributed by atoms with Crippen LogP contribution >= 0.6 is 0 Å². The molecule has 2 bridgehead atoms. The maximum Gasteiger partial charge on any atom is 0.411 e. The van der Waals surface area contributed by atoms with E-state index >= 15 is 0 Å². The highest BCUT2D eigenvalue weighted by atomic mass is 16.6. The number of carbonyl (C=O) groups excluding carboxylic acids is 4. The van der Waals surface area contributed by atoms with Gasteiger partial charge in [-0.1, -0.05) is 0 Å². The van der Waals surface area contributed by atoms with Crippen molar-refractivity contribution in [1.29, 1.82) is 0 Å². The first kappa shape index (κ1) is 27.0. The minimum atomic E-state index is -1.44. The van der Waals surface area contributed by atoms with Crippen molar-refractivity contribution in [2.75, 3.05) is 27.4 Å². The second-order valence-corrected chi connectivity index (χ2v) is 9.16. The first-order chi connectivity index (χ1) is 18.1. The molecule has 0 radical (unpaired) electrons. The monoisotopic (exact) mass is 528 g/mol. The topological polar surface area (TPSA) is 121 Å². The summed E-state index contributed by atoms with van der Waals surface area (Å²) >= 11 is 0. The Bertz CT molecular complexity index is 1250. The fraction of sp³-hybridized carbons (Fsp3) is 0.481. The zero-order valence-corrected chi connectivity index (χ0v) is 22.5. The fourth-order valence-electron chi connectivity index (χ4n) is 5.35. The van der Waals surface area contributed by atoms with Crippen LogP contribution < -0.4 is 9.47 Å². The van der Waals surface area contributed by atoms with Crippen LogP contribution in [0.15, 0.2) is 29.0 Å². The summed E-state index contributed by atoms with van der Waals surface area (Å²) < 4.78 is 27.2. The van der Waals surface area contributed by atoms with Gasteiger partial charge < -0.3 is 28.6 Å². The Kier molecular flexibility index (Phi) is 7.39. The molecule has 0 N–H and O–H groups in total. The van der Waals surface area contributed by atoms with Gasteiger partial charge in [0.2, 0.25) is 0 Å². The van der Waals surface area contributed by atoms with Crippen molar-refractivity contribution in [1.82, 2.24) is 9.80 Å². The Morgan fingerprint density at radius 3 is 2.00 bits per heavy atom. The molecule has 11 nitrogen and oxygen atoms in total. The molecule has 0 aliphatic carbocycles. The highest BCUT2D eigenvalue weighted by molar-refractivity contribution is 6.13. The largest absolute Gasteiger partial charge is 0.496 e. The Labute approximate surface area is 220 Å². The minimum absolute atomic E-state index is 0.00308. The van der Waals surface area contributed by atoms with Gasteiger partial charge in [-0.3, -0.25) is 9.69 Å². The van der Waals surface area contributed by atoms with Crippen LogP contribution in [-0.2, 0) is 28.6 Å². The number of amides is 2. The molecule has 1 saturated heterocycles. The molecule has 3 heterocycles. The molecular weight excluding hydrogens is 496 g/mol. The molecule has 2 amide bonds. The average Bonchev–Trinajstić information content (AvgIpc) is 3.18. The van der Waals surface area contributed by atoms with E-state index < -0.39 is 48.2 Å². The van der Waals surface area contributed by atoms with Crippen LogP contribution in [0.2, 0.25) is 0 Å². The fourth-order valence-corrected chi connectivity index (χ4v) is 5.35. The summed E-state index contributed by atoms with van der Waals surface area (Å²) in [6, 6.07) is 0.308. The lowest BCUT2D eigenvalue weighted by Crippen LogP contribution is -2.61. The van der Waals surface area contributed by atoms with Crippen molar-refractivity contribution in [3.8, 4) is 11.5 Å². The van der Waals surface area contributed by atoms with Gasteiger partial charge >= 0.3 is 18.0 Å². The molecule has 0 aromatic heterocycles. The predicted octanol–water partition coefficient (Wildman–Crippen LogP) is 2.98. The van der Waals surface area contributed by atoms with Gasteiger partial charge in [-0.15, -0.1) is 0 Å². The van der Waals surface area contributed by atoms with Gasteiger partial charge in [0.25, 0.3) is 5.91 Å². The van der Waals surface area contributed by atoms with E-state index in [1.807, 2.05) is 0 Å². The van der Waals surface area contributed by atoms with Crippen molar-refractivity contribution in [2.24, 2.45) is 0 Å². The molecule has 1 fully saturated rings. The third-order valence-corrected chi connectivity index (χ3v) is 6.71. The number of methoxy groups -OCH3 is 2. The standard InChI is InChI=1S/C27H32N2O9/c1-8-36-25(31)20-21(26(32)37-9-2)23-24(30)28-14(5)19-15(17(34-6)10-11-18(19)35-7)12-16(28)22(20)29(23)27(33)38-13(3)4/h10-14,22-23H,8-9H2,1-7H3/t14-,22-,23-/m0/s1. The summed E-state index contributed by atoms with van der Waals surface area (Å²) in [5, 5.41) is 0. The van der Waals surface area contributed by atoms with Crippen LogP contribution in [0.1, 0.15) is 51.8 Å². The Balaban J connectivity index is 2.04. The van der Waals surface area contributed by atoms with E-state index in [4.69, 9.17) is 23.7 Å². The van der Waals surface area contributed by atoms with Crippen LogP contribution in [0.5, 0.6) is 11.5 Å². The quantitative estimate of drug-likeness (QED) is 0.388. The molecule has 3 atom stereocenters. The summed E-state index contributed by atoms with van der Waals surface area (Å²) in [7, 11) is 3.04. The molecule has 11 heteroatoms. The highest BCUT2D eigenvalue weighted by Crippen LogP contribution is 2.51. The second kappa shape index (κ2) is 10.4. The van der Waals surface area contributed by atoms with E-state index in [0.29, 0.717) is 28.3 Å². The molecule has 1 aromatic carbocycles. The Hall–Kier alpha value is -4.02. The molecule has 4 rings (SSSR count). The minimum Gasteiger partial charge on any atom is -0.496 e. The number of hydrogen-bond acceptors (Lipinski definition) is 9. The van der Waals surface area contributed by atoms with Crippen LogP contribution in [-0.4, -0.2) is 79.4 Å². The van der Waals surface area contributed by atoms with Gasteiger partial charge in [0.1, 0.15) is 23.6 Å². The number of esters is 2. The van der Waals surface area contributed by atoms with Crippen molar-refractivity contribution in [2.45, 2.75) is 58.8 Å². The van der Waals surface area contributed by atoms with Crippen molar-refractivity contribution >= 4 is 30.0 Å². The van der Waals surface area contributed by atoms with E-state index in [0.717, 1.165) is 4.90 Å². The van der Waals surface area contributed by atoms with Gasteiger partial charge in [-0.25, -0.2) is 14.4 Å². The third-order valence-electron chi connectivity index (χ3n) is 6.71. The molecule has 204 valence electrons. The maximum absolute atomic E-state index is 14.2. The number of piperazine rings is 1. The number of benzene rings is 1. The SMILES string of the molecule is CCOC(=O)C1=C(C(=O)OCC)[C@@H]2C3=Cc4c(OC)ccc(OC)c4[C@H](C)N3C(=O)[C@H]1N2C(=O)OC(C)C.